The Morgan fingerprint density at radius 1 is 1.55 bits per heavy atom. The van der Waals surface area contributed by atoms with Gasteiger partial charge in [0.25, 0.3) is 0 Å². The SMILES string of the molecule is Cc1nn(C)c(COc2cccc(Cl)c2C(=O)O)c1Br. The summed E-state index contributed by atoms with van der Waals surface area (Å²) in [7, 11) is 1.80. The monoisotopic (exact) mass is 358 g/mol. The summed E-state index contributed by atoms with van der Waals surface area (Å²) in [5.41, 5.74) is 1.62. The van der Waals surface area contributed by atoms with E-state index in [0.29, 0.717) is 0 Å². The van der Waals surface area contributed by atoms with E-state index in [1.54, 1.807) is 23.9 Å². The van der Waals surface area contributed by atoms with E-state index in [4.69, 9.17) is 21.4 Å². The summed E-state index contributed by atoms with van der Waals surface area (Å²) < 4.78 is 8.12. The second-order valence-electron chi connectivity index (χ2n) is 4.18. The van der Waals surface area contributed by atoms with Gasteiger partial charge in [-0.1, -0.05) is 17.7 Å². The minimum Gasteiger partial charge on any atom is -0.486 e. The van der Waals surface area contributed by atoms with Gasteiger partial charge < -0.3 is 9.84 Å². The highest BCUT2D eigenvalue weighted by atomic mass is 79.9. The smallest absolute Gasteiger partial charge is 0.341 e. The molecule has 0 aliphatic rings. The van der Waals surface area contributed by atoms with E-state index in [1.165, 1.54) is 6.07 Å². The van der Waals surface area contributed by atoms with Crippen molar-refractivity contribution in [2.24, 2.45) is 7.05 Å². The van der Waals surface area contributed by atoms with Crippen LogP contribution in [0.3, 0.4) is 0 Å². The van der Waals surface area contributed by atoms with Crippen molar-refractivity contribution in [2.45, 2.75) is 13.5 Å². The highest BCUT2D eigenvalue weighted by molar-refractivity contribution is 9.10. The van der Waals surface area contributed by atoms with Gasteiger partial charge in [-0.3, -0.25) is 4.68 Å². The molecule has 0 atom stereocenters. The third-order valence-corrected chi connectivity index (χ3v) is 4.16. The molecule has 0 aliphatic carbocycles. The summed E-state index contributed by atoms with van der Waals surface area (Å²) in [5.74, 6) is -0.887. The first kappa shape index (κ1) is 14.9. The van der Waals surface area contributed by atoms with Crippen LogP contribution in [0.4, 0.5) is 0 Å². The fourth-order valence-corrected chi connectivity index (χ4v) is 2.51. The molecule has 0 fully saturated rings. The predicted molar refractivity (Wildman–Crippen MR) is 78.4 cm³/mol. The number of carboxylic acid groups (broad SMARTS) is 1. The molecular formula is C13H12BrClN2O3. The van der Waals surface area contributed by atoms with Crippen molar-refractivity contribution in [1.29, 1.82) is 0 Å². The standard InChI is InChI=1S/C13H12BrClN2O3/c1-7-12(14)9(17(2)16-7)6-20-10-5-3-4-8(15)11(10)13(18)19/h3-5H,6H2,1-2H3,(H,18,19). The third-order valence-electron chi connectivity index (χ3n) is 2.82. The van der Waals surface area contributed by atoms with E-state index < -0.39 is 5.97 Å². The Labute approximate surface area is 129 Å². The zero-order chi connectivity index (χ0) is 14.9. The van der Waals surface area contributed by atoms with Gasteiger partial charge in [-0.15, -0.1) is 0 Å². The molecule has 0 saturated heterocycles. The third kappa shape index (κ3) is 2.81. The fraction of sp³-hybridized carbons (Fsp3) is 0.231. The zero-order valence-electron chi connectivity index (χ0n) is 10.9. The molecule has 106 valence electrons. The van der Waals surface area contributed by atoms with Crippen LogP contribution in [-0.4, -0.2) is 20.9 Å². The highest BCUT2D eigenvalue weighted by Gasteiger charge is 2.17. The predicted octanol–water partition coefficient (Wildman–Crippen LogP) is 3.42. The molecule has 0 radical (unpaired) electrons. The molecule has 2 rings (SSSR count). The number of ether oxygens (including phenoxy) is 1. The van der Waals surface area contributed by atoms with Gasteiger partial charge in [-0.25, -0.2) is 4.79 Å². The van der Waals surface area contributed by atoms with E-state index >= 15 is 0 Å². The molecule has 0 amide bonds. The van der Waals surface area contributed by atoms with Crippen molar-refractivity contribution in [3.63, 3.8) is 0 Å². The van der Waals surface area contributed by atoms with Crippen LogP contribution in [-0.2, 0) is 13.7 Å². The number of benzene rings is 1. The normalized spacial score (nSPS) is 10.6. The molecule has 1 heterocycles. The molecule has 5 nitrogen and oxygen atoms in total. The lowest BCUT2D eigenvalue weighted by molar-refractivity contribution is 0.0692. The van der Waals surface area contributed by atoms with E-state index in [1.807, 2.05) is 6.92 Å². The summed E-state index contributed by atoms with van der Waals surface area (Å²) >= 11 is 9.32. The molecule has 0 spiro atoms. The minimum atomic E-state index is -1.12. The summed E-state index contributed by atoms with van der Waals surface area (Å²) in [6.45, 7) is 2.06. The molecule has 1 N–H and O–H groups in total. The van der Waals surface area contributed by atoms with Gasteiger partial charge in [0.15, 0.2) is 0 Å². The number of aryl methyl sites for hydroxylation is 2. The number of halogens is 2. The van der Waals surface area contributed by atoms with Crippen LogP contribution in [0.15, 0.2) is 22.7 Å². The lowest BCUT2D eigenvalue weighted by Gasteiger charge is -2.10. The molecule has 1 aromatic heterocycles. The second-order valence-corrected chi connectivity index (χ2v) is 5.38. The van der Waals surface area contributed by atoms with Crippen LogP contribution in [0.1, 0.15) is 21.7 Å². The molecular weight excluding hydrogens is 348 g/mol. The van der Waals surface area contributed by atoms with E-state index in [-0.39, 0.29) is 22.9 Å². The number of rotatable bonds is 4. The Balaban J connectivity index is 2.28. The van der Waals surface area contributed by atoms with Crippen LogP contribution >= 0.6 is 27.5 Å². The molecule has 20 heavy (non-hydrogen) atoms. The topological polar surface area (TPSA) is 64.4 Å². The molecule has 2 aromatic rings. The zero-order valence-corrected chi connectivity index (χ0v) is 13.2. The number of aromatic carboxylic acids is 1. The number of carbonyl (C=O) groups is 1. The largest absolute Gasteiger partial charge is 0.486 e. The van der Waals surface area contributed by atoms with E-state index in [0.717, 1.165) is 15.9 Å². The number of hydrogen-bond donors (Lipinski definition) is 1. The first-order valence-corrected chi connectivity index (χ1v) is 6.91. The minimum absolute atomic E-state index is 0.0378. The Hall–Kier alpha value is -1.53. The van der Waals surface area contributed by atoms with Crippen molar-refractivity contribution in [3.05, 3.63) is 44.6 Å². The van der Waals surface area contributed by atoms with Gasteiger partial charge in [-0.05, 0) is 35.0 Å². The summed E-state index contributed by atoms with van der Waals surface area (Å²) in [6.07, 6.45) is 0. The number of nitrogens with zero attached hydrogens (tertiary/aromatic N) is 2. The van der Waals surface area contributed by atoms with Crippen LogP contribution in [0.2, 0.25) is 5.02 Å². The Morgan fingerprint density at radius 2 is 2.25 bits per heavy atom. The molecule has 1 aromatic carbocycles. The van der Waals surface area contributed by atoms with Gasteiger partial charge in [0, 0.05) is 7.05 Å². The van der Waals surface area contributed by atoms with Crippen LogP contribution in [0, 0.1) is 6.92 Å². The molecule has 0 aliphatic heterocycles. The van der Waals surface area contributed by atoms with Crippen LogP contribution in [0.25, 0.3) is 0 Å². The van der Waals surface area contributed by atoms with Crippen molar-refractivity contribution >= 4 is 33.5 Å². The summed E-state index contributed by atoms with van der Waals surface area (Å²) in [5, 5.41) is 13.6. The maximum atomic E-state index is 11.2. The first-order chi connectivity index (χ1) is 9.41. The van der Waals surface area contributed by atoms with E-state index in [9.17, 15) is 4.79 Å². The quantitative estimate of drug-likeness (QED) is 0.908. The molecule has 7 heteroatoms. The summed E-state index contributed by atoms with van der Waals surface area (Å²) in [4.78, 5) is 11.2. The van der Waals surface area contributed by atoms with Crippen molar-refractivity contribution in [1.82, 2.24) is 9.78 Å². The Kier molecular flexibility index (Phi) is 4.35. The molecule has 0 bridgehead atoms. The van der Waals surface area contributed by atoms with Gasteiger partial charge in [0.1, 0.15) is 17.9 Å². The lowest BCUT2D eigenvalue weighted by Crippen LogP contribution is -2.07. The average molecular weight is 360 g/mol. The van der Waals surface area contributed by atoms with Crippen molar-refractivity contribution in [2.75, 3.05) is 0 Å². The van der Waals surface area contributed by atoms with Gasteiger partial charge in [-0.2, -0.15) is 5.10 Å². The van der Waals surface area contributed by atoms with Crippen LogP contribution in [0.5, 0.6) is 5.75 Å². The molecule has 0 unspecified atom stereocenters. The lowest BCUT2D eigenvalue weighted by atomic mass is 10.2. The molecule has 0 saturated carbocycles. The number of hydrogen-bond acceptors (Lipinski definition) is 3. The van der Waals surface area contributed by atoms with Gasteiger partial charge >= 0.3 is 5.97 Å². The first-order valence-electron chi connectivity index (χ1n) is 5.74. The maximum absolute atomic E-state index is 11.2. The maximum Gasteiger partial charge on any atom is 0.341 e. The average Bonchev–Trinajstić information content (AvgIpc) is 2.61. The Morgan fingerprint density at radius 3 is 2.80 bits per heavy atom. The Bertz CT molecular complexity index is 670. The number of carboxylic acids is 1. The van der Waals surface area contributed by atoms with E-state index in [2.05, 4.69) is 21.0 Å². The van der Waals surface area contributed by atoms with Crippen molar-refractivity contribution in [3.8, 4) is 5.75 Å². The van der Waals surface area contributed by atoms with Crippen LogP contribution < -0.4 is 4.74 Å². The van der Waals surface area contributed by atoms with Crippen molar-refractivity contribution < 1.29 is 14.6 Å². The summed E-state index contributed by atoms with van der Waals surface area (Å²) in [6, 6.07) is 4.74. The number of aromatic nitrogens is 2. The van der Waals surface area contributed by atoms with Gasteiger partial charge in [0.05, 0.1) is 20.9 Å². The highest BCUT2D eigenvalue weighted by Crippen LogP contribution is 2.28. The fourth-order valence-electron chi connectivity index (χ4n) is 1.82. The second kappa shape index (κ2) is 5.85. The van der Waals surface area contributed by atoms with Gasteiger partial charge in [0.2, 0.25) is 0 Å².